The van der Waals surface area contributed by atoms with E-state index in [0.717, 1.165) is 12.3 Å². The third-order valence-electron chi connectivity index (χ3n) is 2.23. The molecule has 1 aromatic carbocycles. The smallest absolute Gasteiger partial charge is 0.287 e. The molecular weight excluding hydrogens is 226 g/mol. The Hall–Kier alpha value is -2.17. The SMILES string of the molecule is O=C(Nc1ccccc1)C1(F)C=C(F)C=CN1. The number of alkyl halides is 1. The third-order valence-corrected chi connectivity index (χ3v) is 2.23. The zero-order valence-electron chi connectivity index (χ0n) is 8.78. The Balaban J connectivity index is 2.13. The number of allylic oxidation sites excluding steroid dienone is 2. The highest BCUT2D eigenvalue weighted by Gasteiger charge is 2.37. The Morgan fingerprint density at radius 2 is 2.00 bits per heavy atom. The number of carbonyl (C=O) groups is 1. The first kappa shape index (κ1) is 11.3. The lowest BCUT2D eigenvalue weighted by Gasteiger charge is -2.23. The van der Waals surface area contributed by atoms with Crippen molar-refractivity contribution >= 4 is 11.6 Å². The molecule has 1 heterocycles. The summed E-state index contributed by atoms with van der Waals surface area (Å²) in [4.78, 5) is 11.6. The minimum atomic E-state index is -2.56. The maximum Gasteiger partial charge on any atom is 0.287 e. The lowest BCUT2D eigenvalue weighted by atomic mass is 10.1. The van der Waals surface area contributed by atoms with Crippen LogP contribution in [0.3, 0.4) is 0 Å². The molecule has 0 fully saturated rings. The average molecular weight is 236 g/mol. The number of benzene rings is 1. The molecule has 1 unspecified atom stereocenters. The molecule has 1 atom stereocenters. The van der Waals surface area contributed by atoms with Crippen molar-refractivity contribution in [3.05, 3.63) is 54.5 Å². The molecule has 1 amide bonds. The fraction of sp³-hybridized carbons (Fsp3) is 0.0833. The first-order valence-corrected chi connectivity index (χ1v) is 4.98. The summed E-state index contributed by atoms with van der Waals surface area (Å²) in [6, 6.07) is 8.39. The lowest BCUT2D eigenvalue weighted by Crippen LogP contribution is -2.48. The average Bonchev–Trinajstić information content (AvgIpc) is 2.30. The van der Waals surface area contributed by atoms with Gasteiger partial charge in [0.15, 0.2) is 0 Å². The first-order valence-electron chi connectivity index (χ1n) is 4.98. The van der Waals surface area contributed by atoms with Crippen LogP contribution < -0.4 is 10.6 Å². The van der Waals surface area contributed by atoms with Gasteiger partial charge in [0.1, 0.15) is 5.83 Å². The quantitative estimate of drug-likeness (QED) is 0.773. The molecule has 2 N–H and O–H groups in total. The molecule has 2 rings (SSSR count). The summed E-state index contributed by atoms with van der Waals surface area (Å²) in [5, 5.41) is 4.52. The number of nitrogens with one attached hydrogen (secondary N) is 2. The molecule has 0 aliphatic carbocycles. The number of amides is 1. The summed E-state index contributed by atoms with van der Waals surface area (Å²) in [7, 11) is 0. The second-order valence-corrected chi connectivity index (χ2v) is 3.54. The van der Waals surface area contributed by atoms with Gasteiger partial charge in [-0.25, -0.2) is 8.78 Å². The molecule has 1 aliphatic rings. The molecule has 0 radical (unpaired) electrons. The molecule has 1 aromatic rings. The normalized spacial score (nSPS) is 22.6. The molecule has 0 bridgehead atoms. The Kier molecular flexibility index (Phi) is 2.91. The summed E-state index contributed by atoms with van der Waals surface area (Å²) >= 11 is 0. The molecule has 88 valence electrons. The van der Waals surface area contributed by atoms with Crippen molar-refractivity contribution in [2.45, 2.75) is 5.79 Å². The Morgan fingerprint density at radius 3 is 2.65 bits per heavy atom. The van der Waals surface area contributed by atoms with Gasteiger partial charge in [0, 0.05) is 18.0 Å². The minimum Gasteiger partial charge on any atom is -0.349 e. The zero-order chi connectivity index (χ0) is 12.3. The number of anilines is 1. The highest BCUT2D eigenvalue weighted by molar-refractivity contribution is 5.98. The van der Waals surface area contributed by atoms with Crippen LogP contribution in [0.15, 0.2) is 54.5 Å². The molecule has 0 spiro atoms. The van der Waals surface area contributed by atoms with Crippen LogP contribution in [0.2, 0.25) is 0 Å². The molecule has 1 aliphatic heterocycles. The van der Waals surface area contributed by atoms with Crippen LogP contribution in [-0.2, 0) is 4.79 Å². The zero-order valence-corrected chi connectivity index (χ0v) is 8.78. The van der Waals surface area contributed by atoms with Crippen LogP contribution >= 0.6 is 0 Å². The fourth-order valence-electron chi connectivity index (χ4n) is 1.40. The summed E-state index contributed by atoms with van der Waals surface area (Å²) < 4.78 is 26.9. The molecule has 5 heteroatoms. The van der Waals surface area contributed by atoms with Gasteiger partial charge < -0.3 is 10.6 Å². The van der Waals surface area contributed by atoms with E-state index in [-0.39, 0.29) is 0 Å². The molecule has 3 nitrogen and oxygen atoms in total. The van der Waals surface area contributed by atoms with Crippen LogP contribution in [0.25, 0.3) is 0 Å². The van der Waals surface area contributed by atoms with Gasteiger partial charge in [-0.1, -0.05) is 18.2 Å². The number of carbonyl (C=O) groups excluding carboxylic acids is 1. The standard InChI is InChI=1S/C12H10F2N2O/c13-9-6-7-15-12(14,8-9)11(17)16-10-4-2-1-3-5-10/h1-8,15H,(H,16,17). The van der Waals surface area contributed by atoms with Crippen molar-refractivity contribution < 1.29 is 13.6 Å². The van der Waals surface area contributed by atoms with Crippen molar-refractivity contribution in [1.29, 1.82) is 0 Å². The van der Waals surface area contributed by atoms with Gasteiger partial charge in [0.25, 0.3) is 11.7 Å². The minimum absolute atomic E-state index is 0.444. The Labute approximate surface area is 96.8 Å². The van der Waals surface area contributed by atoms with Crippen molar-refractivity contribution in [2.24, 2.45) is 0 Å². The molecule has 0 aromatic heterocycles. The number of dihydropyridines is 1. The van der Waals surface area contributed by atoms with Crippen molar-refractivity contribution in [2.75, 3.05) is 5.32 Å². The van der Waals surface area contributed by atoms with Crippen LogP contribution in [0.5, 0.6) is 0 Å². The summed E-state index contributed by atoms with van der Waals surface area (Å²) in [5.74, 6) is -4.33. The van der Waals surface area contributed by atoms with E-state index in [2.05, 4.69) is 10.6 Å². The molecule has 17 heavy (non-hydrogen) atoms. The van der Waals surface area contributed by atoms with Gasteiger partial charge >= 0.3 is 0 Å². The van der Waals surface area contributed by atoms with E-state index in [1.165, 1.54) is 0 Å². The summed E-state index contributed by atoms with van der Waals surface area (Å²) in [6.45, 7) is 0. The highest BCUT2D eigenvalue weighted by atomic mass is 19.2. The second kappa shape index (κ2) is 4.37. The molecule has 0 saturated heterocycles. The van der Waals surface area contributed by atoms with E-state index in [9.17, 15) is 13.6 Å². The second-order valence-electron chi connectivity index (χ2n) is 3.54. The maximum absolute atomic E-state index is 14.0. The third kappa shape index (κ3) is 2.50. The topological polar surface area (TPSA) is 41.1 Å². The summed E-state index contributed by atoms with van der Waals surface area (Å²) in [6.07, 6.45) is 2.68. The Bertz CT molecular complexity index is 485. The van der Waals surface area contributed by atoms with Gasteiger partial charge in [0.2, 0.25) is 0 Å². The van der Waals surface area contributed by atoms with Gasteiger partial charge in [-0.15, -0.1) is 0 Å². The summed E-state index contributed by atoms with van der Waals surface area (Å²) in [5.41, 5.74) is 0.444. The Morgan fingerprint density at radius 1 is 1.29 bits per heavy atom. The predicted octanol–water partition coefficient (Wildman–Crippen LogP) is 2.26. The van der Waals surface area contributed by atoms with Crippen LogP contribution in [-0.4, -0.2) is 11.7 Å². The van der Waals surface area contributed by atoms with Crippen LogP contribution in [0.4, 0.5) is 14.5 Å². The number of halogens is 2. The largest absolute Gasteiger partial charge is 0.349 e. The van der Waals surface area contributed by atoms with E-state index >= 15 is 0 Å². The van der Waals surface area contributed by atoms with Gasteiger partial charge in [-0.3, -0.25) is 4.79 Å². The van der Waals surface area contributed by atoms with E-state index in [4.69, 9.17) is 0 Å². The van der Waals surface area contributed by atoms with Crippen molar-refractivity contribution in [3.8, 4) is 0 Å². The van der Waals surface area contributed by atoms with Gasteiger partial charge in [-0.05, 0) is 18.2 Å². The molecule has 0 saturated carbocycles. The number of hydrogen-bond donors (Lipinski definition) is 2. The maximum atomic E-state index is 14.0. The number of rotatable bonds is 2. The van der Waals surface area contributed by atoms with Crippen LogP contribution in [0, 0.1) is 0 Å². The predicted molar refractivity (Wildman–Crippen MR) is 60.4 cm³/mol. The number of para-hydroxylation sites is 1. The molecular formula is C12H10F2N2O. The van der Waals surface area contributed by atoms with Crippen molar-refractivity contribution in [1.82, 2.24) is 5.32 Å². The number of hydrogen-bond acceptors (Lipinski definition) is 2. The van der Waals surface area contributed by atoms with E-state index < -0.39 is 17.5 Å². The van der Waals surface area contributed by atoms with E-state index in [1.54, 1.807) is 30.3 Å². The van der Waals surface area contributed by atoms with E-state index in [1.807, 2.05) is 0 Å². The first-order chi connectivity index (χ1) is 8.10. The fourth-order valence-corrected chi connectivity index (χ4v) is 1.40. The van der Waals surface area contributed by atoms with Gasteiger partial charge in [0.05, 0.1) is 0 Å². The van der Waals surface area contributed by atoms with Crippen molar-refractivity contribution in [3.63, 3.8) is 0 Å². The van der Waals surface area contributed by atoms with E-state index in [0.29, 0.717) is 11.8 Å². The highest BCUT2D eigenvalue weighted by Crippen LogP contribution is 2.20. The van der Waals surface area contributed by atoms with Crippen LogP contribution in [0.1, 0.15) is 0 Å². The monoisotopic (exact) mass is 236 g/mol. The van der Waals surface area contributed by atoms with Gasteiger partial charge in [-0.2, -0.15) is 0 Å². The lowest BCUT2D eigenvalue weighted by molar-refractivity contribution is -0.125.